The first-order valence-electron chi connectivity index (χ1n) is 23.1. The summed E-state index contributed by atoms with van der Waals surface area (Å²) in [6.45, 7) is 5.34. The molecule has 6 rings (SSSR count). The van der Waals surface area contributed by atoms with Gasteiger partial charge in [0.05, 0.1) is 35.7 Å². The largest absolute Gasteiger partial charge is 0.491 e. The van der Waals surface area contributed by atoms with Crippen LogP contribution in [0.25, 0.3) is 11.1 Å². The molecular weight excluding hydrogens is 835 g/mol. The van der Waals surface area contributed by atoms with E-state index in [-0.39, 0.29) is 11.5 Å². The molecule has 0 aromatic heterocycles. The van der Waals surface area contributed by atoms with E-state index in [4.69, 9.17) is 18.9 Å². The number of carbonyl (C=O) groups excluding carboxylic acids is 2. The first-order valence-corrected chi connectivity index (χ1v) is 23.1. The molecule has 6 aromatic carbocycles. The summed E-state index contributed by atoms with van der Waals surface area (Å²) in [5.74, 6) is -0.795. The van der Waals surface area contributed by atoms with Gasteiger partial charge in [0, 0.05) is 24.6 Å². The van der Waals surface area contributed by atoms with Crippen LogP contribution < -0.4 is 18.9 Å². The zero-order chi connectivity index (χ0) is 46.4. The number of hydrogen-bond acceptors (Lipinski definition) is 8. The number of carbonyl (C=O) groups is 2. The molecular formula is C56H58F2N2O6. The molecule has 0 aliphatic carbocycles. The van der Waals surface area contributed by atoms with Crippen molar-refractivity contribution < 1.29 is 37.3 Å². The number of esters is 2. The number of nitrogens with zero attached hydrogens (tertiary/aromatic N) is 2. The Hall–Kier alpha value is -6.94. The summed E-state index contributed by atoms with van der Waals surface area (Å²) >= 11 is 0. The SMILES string of the molecule is CCCCCCCCOc1ccc(N=Cc2ccc(C(=O)Oc3ccc(-c4cccc(OC(=O)c5ccc(C=Nc6ccc(OCCCCCCCC)c(F)c6)cc5)c4)cc3)cc2)cc1F. The predicted molar refractivity (Wildman–Crippen MR) is 260 cm³/mol. The minimum absolute atomic E-state index is 0.221. The number of ether oxygens (including phenoxy) is 4. The highest BCUT2D eigenvalue weighted by Gasteiger charge is 2.12. The van der Waals surface area contributed by atoms with Crippen LogP contribution in [0.1, 0.15) is 123 Å². The van der Waals surface area contributed by atoms with Crippen molar-refractivity contribution in [1.82, 2.24) is 0 Å². The average molecular weight is 893 g/mol. The minimum Gasteiger partial charge on any atom is -0.491 e. The van der Waals surface area contributed by atoms with Gasteiger partial charge in [-0.3, -0.25) is 9.98 Å². The van der Waals surface area contributed by atoms with Crippen LogP contribution in [0.15, 0.2) is 143 Å². The van der Waals surface area contributed by atoms with Crippen molar-refractivity contribution in [2.75, 3.05) is 13.2 Å². The third-order valence-corrected chi connectivity index (χ3v) is 10.8. The van der Waals surface area contributed by atoms with Crippen molar-refractivity contribution in [2.24, 2.45) is 9.98 Å². The van der Waals surface area contributed by atoms with Crippen molar-refractivity contribution in [3.05, 3.63) is 167 Å². The standard InChI is InChI=1S/C56H58F2N2O6/c1-3-5-7-9-11-13-34-63-53-32-28-47(37-51(53)57)59-39-41-18-22-44(23-19-41)55(61)65-49-30-26-43(27-31-49)46-16-15-17-50(36-46)66-56(62)45-24-20-42(21-25-45)40-60-48-29-33-54(52(58)38-48)64-35-14-12-10-8-6-4-2/h15-33,36-40H,3-14,34-35H2,1-2H3. The molecule has 66 heavy (non-hydrogen) atoms. The number of benzene rings is 6. The second kappa shape index (κ2) is 26.1. The predicted octanol–water partition coefficient (Wildman–Crippen LogP) is 15.0. The Bertz CT molecular complexity index is 2520. The van der Waals surface area contributed by atoms with Gasteiger partial charge in [-0.1, -0.05) is 127 Å². The molecule has 0 spiro atoms. The Labute approximate surface area is 387 Å². The first-order chi connectivity index (χ1) is 32.3. The second-order valence-electron chi connectivity index (χ2n) is 16.1. The number of hydrogen-bond donors (Lipinski definition) is 0. The molecule has 0 unspecified atom stereocenters. The summed E-state index contributed by atoms with van der Waals surface area (Å²) in [6.07, 6.45) is 16.8. The third kappa shape index (κ3) is 15.6. The fraction of sp³-hybridized carbons (Fsp3) is 0.286. The van der Waals surface area contributed by atoms with Crippen LogP contribution in [-0.4, -0.2) is 37.6 Å². The maximum Gasteiger partial charge on any atom is 0.343 e. The van der Waals surface area contributed by atoms with E-state index in [1.807, 2.05) is 18.2 Å². The van der Waals surface area contributed by atoms with Crippen LogP contribution in [0.5, 0.6) is 23.0 Å². The van der Waals surface area contributed by atoms with Gasteiger partial charge in [-0.15, -0.1) is 0 Å². The molecule has 0 fully saturated rings. The molecule has 0 saturated carbocycles. The fourth-order valence-corrected chi connectivity index (χ4v) is 7.00. The lowest BCUT2D eigenvalue weighted by atomic mass is 10.1. The summed E-state index contributed by atoms with van der Waals surface area (Å²) in [4.78, 5) is 34.8. The number of rotatable bonds is 25. The molecule has 0 amide bonds. The fourth-order valence-electron chi connectivity index (χ4n) is 7.00. The van der Waals surface area contributed by atoms with Crippen molar-refractivity contribution in [2.45, 2.75) is 90.9 Å². The molecule has 0 aliphatic rings. The van der Waals surface area contributed by atoms with Gasteiger partial charge in [0.25, 0.3) is 0 Å². The van der Waals surface area contributed by atoms with Crippen LogP contribution >= 0.6 is 0 Å². The van der Waals surface area contributed by atoms with Gasteiger partial charge in [0.1, 0.15) is 11.5 Å². The molecule has 10 heteroatoms. The van der Waals surface area contributed by atoms with E-state index in [1.165, 1.54) is 63.5 Å². The zero-order valence-electron chi connectivity index (χ0n) is 37.9. The van der Waals surface area contributed by atoms with E-state index in [1.54, 1.807) is 116 Å². The van der Waals surface area contributed by atoms with Crippen molar-refractivity contribution in [3.8, 4) is 34.1 Å². The first kappa shape index (κ1) is 48.5. The van der Waals surface area contributed by atoms with Crippen molar-refractivity contribution in [3.63, 3.8) is 0 Å². The summed E-state index contributed by atoms with van der Waals surface area (Å²) in [6, 6.07) is 37.0. The molecule has 0 N–H and O–H groups in total. The van der Waals surface area contributed by atoms with Crippen LogP contribution in [0.4, 0.5) is 20.2 Å². The highest BCUT2D eigenvalue weighted by Crippen LogP contribution is 2.28. The van der Waals surface area contributed by atoms with Crippen LogP contribution in [0, 0.1) is 11.6 Å². The van der Waals surface area contributed by atoms with Crippen molar-refractivity contribution in [1.29, 1.82) is 0 Å². The average Bonchev–Trinajstić information content (AvgIpc) is 3.33. The van der Waals surface area contributed by atoms with E-state index in [0.29, 0.717) is 47.2 Å². The summed E-state index contributed by atoms with van der Waals surface area (Å²) in [7, 11) is 0. The Kier molecular flexibility index (Phi) is 19.2. The molecule has 0 saturated heterocycles. The lowest BCUT2D eigenvalue weighted by molar-refractivity contribution is 0.0725. The smallest absolute Gasteiger partial charge is 0.343 e. The van der Waals surface area contributed by atoms with Gasteiger partial charge in [-0.2, -0.15) is 0 Å². The molecule has 0 aliphatic heterocycles. The minimum atomic E-state index is -0.526. The third-order valence-electron chi connectivity index (χ3n) is 10.8. The quantitative estimate of drug-likeness (QED) is 0.0246. The number of halogens is 2. The molecule has 6 aromatic rings. The van der Waals surface area contributed by atoms with E-state index in [9.17, 15) is 18.4 Å². The van der Waals surface area contributed by atoms with Gasteiger partial charge < -0.3 is 18.9 Å². The zero-order valence-corrected chi connectivity index (χ0v) is 37.9. The normalized spacial score (nSPS) is 11.3. The molecule has 342 valence electrons. The molecule has 0 bridgehead atoms. The van der Waals surface area contributed by atoms with Gasteiger partial charge in [0.2, 0.25) is 0 Å². The highest BCUT2D eigenvalue weighted by molar-refractivity contribution is 5.93. The van der Waals surface area contributed by atoms with Crippen LogP contribution in [-0.2, 0) is 0 Å². The van der Waals surface area contributed by atoms with E-state index < -0.39 is 23.6 Å². The summed E-state index contributed by atoms with van der Waals surface area (Å²) in [5.41, 5.74) is 4.69. The monoisotopic (exact) mass is 892 g/mol. The Morgan fingerprint density at radius 2 is 0.924 bits per heavy atom. The van der Waals surface area contributed by atoms with Crippen LogP contribution in [0.2, 0.25) is 0 Å². The highest BCUT2D eigenvalue weighted by atomic mass is 19.1. The maximum absolute atomic E-state index is 14.6. The Morgan fingerprint density at radius 1 is 0.470 bits per heavy atom. The Balaban J connectivity index is 0.943. The lowest BCUT2D eigenvalue weighted by Crippen LogP contribution is -2.08. The van der Waals surface area contributed by atoms with E-state index >= 15 is 0 Å². The van der Waals surface area contributed by atoms with E-state index in [2.05, 4.69) is 23.8 Å². The summed E-state index contributed by atoms with van der Waals surface area (Å²) < 4.78 is 51.9. The summed E-state index contributed by atoms with van der Waals surface area (Å²) in [5, 5.41) is 0. The van der Waals surface area contributed by atoms with Gasteiger partial charge in [-0.25, -0.2) is 18.4 Å². The lowest BCUT2D eigenvalue weighted by Gasteiger charge is -2.09. The van der Waals surface area contributed by atoms with Gasteiger partial charge in [0.15, 0.2) is 23.1 Å². The van der Waals surface area contributed by atoms with E-state index in [0.717, 1.165) is 47.9 Å². The number of aliphatic imine (C=N–C) groups is 2. The van der Waals surface area contributed by atoms with Gasteiger partial charge in [-0.05, 0) is 108 Å². The Morgan fingerprint density at radius 3 is 1.39 bits per heavy atom. The topological polar surface area (TPSA) is 95.8 Å². The van der Waals surface area contributed by atoms with Gasteiger partial charge >= 0.3 is 11.9 Å². The molecule has 0 radical (unpaired) electrons. The maximum atomic E-state index is 14.6. The molecule has 8 nitrogen and oxygen atoms in total. The molecule has 0 heterocycles. The molecule has 0 atom stereocenters. The van der Waals surface area contributed by atoms with Crippen molar-refractivity contribution >= 4 is 35.7 Å². The second-order valence-corrected chi connectivity index (χ2v) is 16.1. The number of unbranched alkanes of at least 4 members (excludes halogenated alkanes) is 10. The van der Waals surface area contributed by atoms with Crippen LogP contribution in [0.3, 0.4) is 0 Å².